The number of aryl methyl sites for hydroxylation is 4. The Morgan fingerprint density at radius 2 is 1.12 bits per heavy atom. The predicted molar refractivity (Wildman–Crippen MR) is 229 cm³/mol. The average molecular weight is 953 g/mol. The van der Waals surface area contributed by atoms with Crippen LogP contribution < -0.4 is 19.5 Å². The number of amides is 1. The lowest BCUT2D eigenvalue weighted by molar-refractivity contribution is -0.617. The number of hydrogen-bond donors (Lipinski definition) is 1. The van der Waals surface area contributed by atoms with Gasteiger partial charge in [0.15, 0.2) is 24.8 Å². The summed E-state index contributed by atoms with van der Waals surface area (Å²) in [6, 6.07) is 19.3. The van der Waals surface area contributed by atoms with Crippen LogP contribution in [0.1, 0.15) is 62.4 Å². The molecular weight excluding hydrogens is 909 g/mol. The molecule has 5 heterocycles. The first-order valence-electron chi connectivity index (χ1n) is 19.6. The Kier molecular flexibility index (Phi) is 12.6. The van der Waals surface area contributed by atoms with Crippen LogP contribution in [0.2, 0.25) is 10.0 Å². The van der Waals surface area contributed by atoms with Crippen molar-refractivity contribution in [1.82, 2.24) is 20.0 Å². The molecule has 58 heavy (non-hydrogen) atoms. The molecule has 302 valence electrons. The smallest absolute Gasteiger partial charge is 0.227 e. The molecule has 2 fully saturated rings. The molecule has 0 spiro atoms. The van der Waals surface area contributed by atoms with E-state index in [1.807, 2.05) is 35.2 Å². The summed E-state index contributed by atoms with van der Waals surface area (Å²) >= 11 is 19.5. The third-order valence-electron chi connectivity index (χ3n) is 11.7. The van der Waals surface area contributed by atoms with Gasteiger partial charge in [-0.25, -0.2) is 0 Å². The van der Waals surface area contributed by atoms with Crippen LogP contribution in [0.25, 0.3) is 0 Å². The number of carbonyl (C=O) groups is 1. The van der Waals surface area contributed by atoms with Gasteiger partial charge in [-0.1, -0.05) is 35.3 Å². The third kappa shape index (κ3) is 8.86. The van der Waals surface area contributed by atoms with Crippen molar-refractivity contribution in [2.24, 2.45) is 0 Å². The summed E-state index contributed by atoms with van der Waals surface area (Å²) in [4.78, 5) is 19.4. The number of pyridine rings is 3. The van der Waals surface area contributed by atoms with E-state index >= 15 is 0 Å². The molecule has 2 atom stereocenters. The molecule has 5 aromatic rings. The zero-order valence-corrected chi connectivity index (χ0v) is 36.4. The summed E-state index contributed by atoms with van der Waals surface area (Å²) < 4.78 is 4.35. The van der Waals surface area contributed by atoms with Crippen LogP contribution in [0.5, 0.6) is 0 Å². The van der Waals surface area contributed by atoms with Crippen molar-refractivity contribution in [3.63, 3.8) is 0 Å². The first kappa shape index (κ1) is 40.9. The monoisotopic (exact) mass is 949 g/mol. The first-order chi connectivity index (χ1) is 28.0. The van der Waals surface area contributed by atoms with Crippen molar-refractivity contribution in [1.29, 1.82) is 0 Å². The van der Waals surface area contributed by atoms with Crippen LogP contribution >= 0.6 is 55.1 Å². The summed E-state index contributed by atoms with van der Waals surface area (Å²) in [6.07, 6.45) is 9.61. The Labute approximate surface area is 364 Å². The lowest BCUT2D eigenvalue weighted by Gasteiger charge is -2.39. The predicted octanol–water partition coefficient (Wildman–Crippen LogP) is 5.77. The minimum absolute atomic E-state index is 0.0116. The highest BCUT2D eigenvalue weighted by atomic mass is 79.9. The van der Waals surface area contributed by atoms with Crippen LogP contribution in [0.3, 0.4) is 0 Å². The van der Waals surface area contributed by atoms with Crippen molar-refractivity contribution in [3.8, 4) is 0 Å². The van der Waals surface area contributed by atoms with Crippen LogP contribution in [-0.2, 0) is 36.9 Å². The topological polar surface area (TPSA) is 120 Å². The highest BCUT2D eigenvalue weighted by Crippen LogP contribution is 2.39. The number of piperazine rings is 2. The van der Waals surface area contributed by atoms with Gasteiger partial charge in [-0.15, -0.1) is 0 Å². The molecule has 0 saturated carbocycles. The molecule has 2 aliphatic heterocycles. The number of nitrogens with one attached hydrogen (secondary N) is 1. The van der Waals surface area contributed by atoms with Gasteiger partial charge in [-0.3, -0.25) is 14.6 Å². The van der Waals surface area contributed by atoms with Crippen molar-refractivity contribution < 1.29 is 19.0 Å². The molecular formula is C43H43Br2Cl2N7O4. The summed E-state index contributed by atoms with van der Waals surface area (Å²) in [5, 5.41) is 42.0. The van der Waals surface area contributed by atoms with Crippen LogP contribution in [-0.4, -0.2) is 73.0 Å². The van der Waals surface area contributed by atoms with E-state index < -0.39 is 0 Å². The Bertz CT molecular complexity index is 2320. The van der Waals surface area contributed by atoms with Gasteiger partial charge >= 0.3 is 0 Å². The number of aromatic nitrogens is 3. The van der Waals surface area contributed by atoms with E-state index in [-0.39, 0.29) is 24.4 Å². The summed E-state index contributed by atoms with van der Waals surface area (Å²) in [6.45, 7) is 6.24. The number of benzene rings is 2. The Morgan fingerprint density at radius 3 is 1.62 bits per heavy atom. The van der Waals surface area contributed by atoms with Gasteiger partial charge in [0.05, 0.1) is 15.4 Å². The number of fused-ring (bicyclic) bond motifs is 4. The fraction of sp³-hybridized carbons (Fsp3) is 0.349. The SMILES string of the molecule is O=C(Cc1cc[n+]([O-])cc1)N1CCN([C@H]2c3ccc(Cl)cc3CCc3cc(Br)c[n+]([O-])c32)CC1.[O-][n+]1cc(Br)cc2c1[C@@H](N1CCNCC1)c1ccc(Cl)cc1CC2. The van der Waals surface area contributed by atoms with E-state index in [2.05, 4.69) is 65.2 Å². The fourth-order valence-corrected chi connectivity index (χ4v) is 10.2. The lowest BCUT2D eigenvalue weighted by Crippen LogP contribution is -2.52. The number of carbonyl (C=O) groups excluding carboxylic acids is 1. The van der Waals surface area contributed by atoms with Gasteiger partial charge in [0.2, 0.25) is 17.3 Å². The highest BCUT2D eigenvalue weighted by Gasteiger charge is 2.38. The average Bonchev–Trinajstić information content (AvgIpc) is 3.47. The molecule has 11 nitrogen and oxygen atoms in total. The maximum atomic E-state index is 13.1. The quantitative estimate of drug-likeness (QED) is 0.180. The minimum atomic E-state index is -0.200. The largest absolute Gasteiger partial charge is 0.619 e. The van der Waals surface area contributed by atoms with Crippen LogP contribution in [0.15, 0.2) is 94.4 Å². The molecule has 2 saturated heterocycles. The number of rotatable bonds is 4. The molecule has 1 amide bonds. The Hall–Kier alpha value is -3.82. The Balaban J connectivity index is 0.000000172. The van der Waals surface area contributed by atoms with Crippen molar-refractivity contribution in [3.05, 3.63) is 170 Å². The molecule has 15 heteroatoms. The minimum Gasteiger partial charge on any atom is -0.619 e. The van der Waals surface area contributed by atoms with Gasteiger partial charge in [-0.05, 0) is 122 Å². The van der Waals surface area contributed by atoms with Crippen molar-refractivity contribution in [2.45, 2.75) is 44.2 Å². The normalized spacial score (nSPS) is 19.3. The van der Waals surface area contributed by atoms with Gasteiger partial charge < -0.3 is 25.8 Å². The second-order valence-electron chi connectivity index (χ2n) is 15.2. The summed E-state index contributed by atoms with van der Waals surface area (Å²) in [5.74, 6) is 0.0413. The summed E-state index contributed by atoms with van der Waals surface area (Å²) in [5.41, 5.74) is 9.30. The zero-order chi connectivity index (χ0) is 40.5. The zero-order valence-electron chi connectivity index (χ0n) is 31.8. The van der Waals surface area contributed by atoms with Crippen LogP contribution in [0.4, 0.5) is 0 Å². The molecule has 2 aromatic carbocycles. The maximum Gasteiger partial charge on any atom is 0.227 e. The third-order valence-corrected chi connectivity index (χ3v) is 13.0. The molecule has 1 N–H and O–H groups in total. The van der Waals surface area contributed by atoms with Crippen LogP contribution in [0, 0.1) is 15.6 Å². The van der Waals surface area contributed by atoms with E-state index in [9.17, 15) is 20.4 Å². The standard InChI is InChI=1S/C25H24BrClN4O3.C18H19BrClN3O/c26-20-14-19-2-1-18-15-21(27)3-4-22(18)25(24(19)31(34)16-20)29-11-9-28(10-12-29)23(32)13-17-5-7-30(33)8-6-17;19-14-9-13-2-1-12-10-15(20)3-4-16(12)18(17(13)23(24)11-14)22-7-5-21-6-8-22/h3-8,14-16,25H,1-2,9-13H2;3-4,9-11,18,21H,1-2,5-8H2/t25-;18-/m00/s1. The van der Waals surface area contributed by atoms with Gasteiger partial charge in [0.1, 0.15) is 12.1 Å². The second-order valence-corrected chi connectivity index (χ2v) is 17.9. The van der Waals surface area contributed by atoms with Gasteiger partial charge in [0, 0.05) is 85.7 Å². The molecule has 0 radical (unpaired) electrons. The van der Waals surface area contributed by atoms with Crippen molar-refractivity contribution >= 4 is 61.0 Å². The van der Waals surface area contributed by atoms with E-state index in [4.69, 9.17) is 23.2 Å². The fourth-order valence-electron chi connectivity index (χ4n) is 8.90. The lowest BCUT2D eigenvalue weighted by atomic mass is 9.96. The first-order valence-corrected chi connectivity index (χ1v) is 21.9. The Morgan fingerprint density at radius 1 is 0.655 bits per heavy atom. The molecule has 2 aliphatic carbocycles. The number of hydrogen-bond acceptors (Lipinski definition) is 7. The van der Waals surface area contributed by atoms with Crippen molar-refractivity contribution in [2.75, 3.05) is 52.4 Å². The molecule has 4 aliphatic rings. The number of nitrogens with zero attached hydrogens (tertiary/aromatic N) is 6. The summed E-state index contributed by atoms with van der Waals surface area (Å²) in [7, 11) is 0. The molecule has 0 bridgehead atoms. The van der Waals surface area contributed by atoms with E-state index in [1.165, 1.54) is 23.5 Å². The molecule has 3 aromatic heterocycles. The molecule has 0 unspecified atom stereocenters. The van der Waals surface area contributed by atoms with E-state index in [0.717, 1.165) is 114 Å². The van der Waals surface area contributed by atoms with Gasteiger partial charge in [0.25, 0.3) is 0 Å². The highest BCUT2D eigenvalue weighted by molar-refractivity contribution is 9.10. The molecule has 9 rings (SSSR count). The van der Waals surface area contributed by atoms with Gasteiger partial charge in [-0.2, -0.15) is 14.2 Å². The number of halogens is 4. The van der Waals surface area contributed by atoms with E-state index in [0.29, 0.717) is 35.9 Å². The van der Waals surface area contributed by atoms with E-state index in [1.54, 1.807) is 24.5 Å². The maximum absolute atomic E-state index is 13.1. The second kappa shape index (κ2) is 17.8.